The number of halogens is 1. The number of sulfone groups is 1. The van der Waals surface area contributed by atoms with Crippen molar-refractivity contribution in [2.75, 3.05) is 6.61 Å². The molecule has 1 aliphatic rings. The van der Waals surface area contributed by atoms with E-state index in [0.29, 0.717) is 10.8 Å². The molecule has 0 fully saturated rings. The molecule has 2 rings (SSSR count). The molecule has 0 N–H and O–H groups in total. The molecule has 1 aromatic carbocycles. The zero-order valence-corrected chi connectivity index (χ0v) is 9.70. The molecule has 0 spiro atoms. The second-order valence-corrected chi connectivity index (χ2v) is 5.37. The van der Waals surface area contributed by atoms with Crippen LogP contribution in [0.2, 0.25) is 5.02 Å². The van der Waals surface area contributed by atoms with E-state index >= 15 is 0 Å². The minimum atomic E-state index is -3.36. The Kier molecular flexibility index (Phi) is 2.98. The number of nitrogens with zero attached hydrogens (tertiary/aromatic N) is 1. The summed E-state index contributed by atoms with van der Waals surface area (Å²) in [5.74, 6) is 0.511. The van der Waals surface area contributed by atoms with Crippen molar-refractivity contribution < 1.29 is 13.2 Å². The lowest BCUT2D eigenvalue weighted by atomic mass is 10.3. The molecule has 16 heavy (non-hydrogen) atoms. The van der Waals surface area contributed by atoms with Crippen LogP contribution in [0.4, 0.5) is 0 Å². The van der Waals surface area contributed by atoms with Crippen molar-refractivity contribution in [2.45, 2.75) is 0 Å². The summed E-state index contributed by atoms with van der Waals surface area (Å²) in [6.45, 7) is -0.0876. The van der Waals surface area contributed by atoms with Gasteiger partial charge in [-0.15, -0.1) is 0 Å². The first kappa shape index (κ1) is 11.2. The number of hydrogen-bond acceptors (Lipinski definition) is 4. The van der Waals surface area contributed by atoms with Gasteiger partial charge in [0.25, 0.3) is 0 Å². The van der Waals surface area contributed by atoms with Gasteiger partial charge in [0, 0.05) is 11.2 Å². The fraction of sp³-hybridized carbons (Fsp3) is 0.100. The van der Waals surface area contributed by atoms with Gasteiger partial charge in [-0.25, -0.2) is 13.4 Å². The van der Waals surface area contributed by atoms with Crippen LogP contribution in [-0.2, 0) is 9.84 Å². The van der Waals surface area contributed by atoms with Crippen molar-refractivity contribution in [1.82, 2.24) is 0 Å². The van der Waals surface area contributed by atoms with Crippen LogP contribution in [0.1, 0.15) is 0 Å². The molecule has 1 aliphatic heterocycles. The van der Waals surface area contributed by atoms with Crippen molar-refractivity contribution in [1.29, 1.82) is 0 Å². The first-order chi connectivity index (χ1) is 7.58. The first-order valence-electron chi connectivity index (χ1n) is 4.45. The quantitative estimate of drug-likeness (QED) is 0.832. The van der Waals surface area contributed by atoms with Gasteiger partial charge in [0.1, 0.15) is 12.4 Å². The fourth-order valence-corrected chi connectivity index (χ4v) is 2.16. The Labute approximate surface area is 98.1 Å². The molecule has 0 saturated heterocycles. The minimum Gasteiger partial charge on any atom is -0.486 e. The van der Waals surface area contributed by atoms with E-state index in [4.69, 9.17) is 16.3 Å². The van der Waals surface area contributed by atoms with Gasteiger partial charge in [-0.1, -0.05) is 17.7 Å². The molecule has 0 bridgehead atoms. The van der Waals surface area contributed by atoms with Crippen LogP contribution in [-0.4, -0.2) is 20.1 Å². The SMILES string of the molecule is O=S1(=O)C=CN=C1COc1cccc(Cl)c1. The van der Waals surface area contributed by atoms with Crippen molar-refractivity contribution >= 4 is 26.5 Å². The summed E-state index contributed by atoms with van der Waals surface area (Å²) < 4.78 is 27.9. The van der Waals surface area contributed by atoms with Crippen LogP contribution in [0.5, 0.6) is 5.75 Å². The third kappa shape index (κ3) is 2.43. The lowest BCUT2D eigenvalue weighted by Crippen LogP contribution is -2.17. The van der Waals surface area contributed by atoms with Gasteiger partial charge in [-0.3, -0.25) is 0 Å². The van der Waals surface area contributed by atoms with Gasteiger partial charge in [-0.2, -0.15) is 0 Å². The highest BCUT2D eigenvalue weighted by atomic mass is 35.5. The maximum Gasteiger partial charge on any atom is 0.218 e. The van der Waals surface area contributed by atoms with E-state index in [1.165, 1.54) is 6.20 Å². The molecular weight excluding hydrogens is 250 g/mol. The van der Waals surface area contributed by atoms with Crippen LogP contribution >= 0.6 is 11.6 Å². The third-order valence-corrected chi connectivity index (χ3v) is 3.54. The average molecular weight is 258 g/mol. The van der Waals surface area contributed by atoms with Gasteiger partial charge in [-0.05, 0) is 18.2 Å². The first-order valence-corrected chi connectivity index (χ1v) is 6.37. The maximum absolute atomic E-state index is 11.3. The molecule has 84 valence electrons. The molecule has 1 heterocycles. The lowest BCUT2D eigenvalue weighted by Gasteiger charge is -2.05. The third-order valence-electron chi connectivity index (χ3n) is 1.95. The molecule has 4 nitrogen and oxygen atoms in total. The number of hydrogen-bond donors (Lipinski definition) is 0. The Balaban J connectivity index is 2.04. The van der Waals surface area contributed by atoms with E-state index in [1.807, 2.05) is 0 Å². The van der Waals surface area contributed by atoms with Crippen molar-refractivity contribution in [3.8, 4) is 5.75 Å². The van der Waals surface area contributed by atoms with Crippen LogP contribution in [0.15, 0.2) is 40.9 Å². The Hall–Kier alpha value is -1.33. The lowest BCUT2D eigenvalue weighted by molar-refractivity contribution is 0.378. The standard InChI is InChI=1S/C10H8ClNO3S/c11-8-2-1-3-9(6-8)15-7-10-12-4-5-16(10,13)14/h1-6H,7H2. The minimum absolute atomic E-state index is 0.00692. The van der Waals surface area contributed by atoms with Crippen molar-refractivity contribution in [3.05, 3.63) is 40.9 Å². The summed E-state index contributed by atoms with van der Waals surface area (Å²) in [5, 5.41) is 1.59. The van der Waals surface area contributed by atoms with Gasteiger partial charge < -0.3 is 4.74 Å². The van der Waals surface area contributed by atoms with Crippen LogP contribution in [0.3, 0.4) is 0 Å². The van der Waals surface area contributed by atoms with E-state index < -0.39 is 9.84 Å². The monoisotopic (exact) mass is 257 g/mol. The number of benzene rings is 1. The van der Waals surface area contributed by atoms with Gasteiger partial charge in [0.05, 0.1) is 5.41 Å². The Morgan fingerprint density at radius 1 is 1.38 bits per heavy atom. The summed E-state index contributed by atoms with van der Waals surface area (Å²) >= 11 is 5.76. The molecule has 0 unspecified atom stereocenters. The van der Waals surface area contributed by atoms with Gasteiger partial charge in [0.2, 0.25) is 9.84 Å². The number of rotatable bonds is 3. The predicted octanol–water partition coefficient (Wildman–Crippen LogP) is 2.02. The molecule has 0 saturated carbocycles. The second-order valence-electron chi connectivity index (χ2n) is 3.10. The molecule has 0 amide bonds. The highest BCUT2D eigenvalue weighted by Crippen LogP contribution is 2.17. The molecule has 0 atom stereocenters. The highest BCUT2D eigenvalue weighted by Gasteiger charge is 2.20. The smallest absolute Gasteiger partial charge is 0.218 e. The van der Waals surface area contributed by atoms with E-state index in [9.17, 15) is 8.42 Å². The molecule has 0 aromatic heterocycles. The fourth-order valence-electron chi connectivity index (χ4n) is 1.17. The summed E-state index contributed by atoms with van der Waals surface area (Å²) in [4.78, 5) is 3.72. The normalized spacial score (nSPS) is 17.2. The Morgan fingerprint density at radius 2 is 2.19 bits per heavy atom. The molecule has 0 aliphatic carbocycles. The van der Waals surface area contributed by atoms with E-state index in [-0.39, 0.29) is 11.7 Å². The van der Waals surface area contributed by atoms with Crippen LogP contribution in [0.25, 0.3) is 0 Å². The van der Waals surface area contributed by atoms with Crippen LogP contribution < -0.4 is 4.74 Å². The largest absolute Gasteiger partial charge is 0.486 e. The van der Waals surface area contributed by atoms with Gasteiger partial charge >= 0.3 is 0 Å². The van der Waals surface area contributed by atoms with E-state index in [2.05, 4.69) is 4.99 Å². The zero-order chi connectivity index (χ0) is 11.6. The summed E-state index contributed by atoms with van der Waals surface area (Å²) in [7, 11) is -3.36. The molecule has 1 aromatic rings. The predicted molar refractivity (Wildman–Crippen MR) is 62.4 cm³/mol. The van der Waals surface area contributed by atoms with Crippen LogP contribution in [0, 0.1) is 0 Å². The Bertz CT molecular complexity index is 563. The van der Waals surface area contributed by atoms with Gasteiger partial charge in [0.15, 0.2) is 5.04 Å². The maximum atomic E-state index is 11.3. The topological polar surface area (TPSA) is 55.7 Å². The summed E-state index contributed by atoms with van der Waals surface area (Å²) in [6, 6.07) is 6.74. The molecule has 0 radical (unpaired) electrons. The second kappa shape index (κ2) is 4.27. The summed E-state index contributed by atoms with van der Waals surface area (Å²) in [6.07, 6.45) is 1.24. The summed E-state index contributed by atoms with van der Waals surface area (Å²) in [5.41, 5.74) is 0. The number of ether oxygens (including phenoxy) is 1. The highest BCUT2D eigenvalue weighted by molar-refractivity contribution is 8.09. The Morgan fingerprint density at radius 3 is 2.81 bits per heavy atom. The molecule has 6 heteroatoms. The van der Waals surface area contributed by atoms with Crippen molar-refractivity contribution in [3.63, 3.8) is 0 Å². The number of aliphatic imine (C=N–C) groups is 1. The van der Waals surface area contributed by atoms with E-state index in [1.54, 1.807) is 24.3 Å². The average Bonchev–Trinajstić information content (AvgIpc) is 2.55. The van der Waals surface area contributed by atoms with Crippen molar-refractivity contribution in [2.24, 2.45) is 4.99 Å². The van der Waals surface area contributed by atoms with E-state index in [0.717, 1.165) is 5.41 Å². The zero-order valence-electron chi connectivity index (χ0n) is 8.13. The molecular formula is C10H8ClNO3S.